The Hall–Kier alpha value is -1.22. The number of aryl methyl sites for hydroxylation is 1. The molecule has 2 rings (SSSR count). The molecule has 0 bridgehead atoms. The third-order valence-electron chi connectivity index (χ3n) is 2.53. The molecule has 1 aromatic carbocycles. The molecule has 0 saturated heterocycles. The number of hydrogen-bond donors (Lipinski definition) is 3. The molecule has 1 fully saturated rings. The van der Waals surface area contributed by atoms with E-state index in [4.69, 9.17) is 5.73 Å². The van der Waals surface area contributed by atoms with Crippen LogP contribution >= 0.6 is 0 Å². The summed E-state index contributed by atoms with van der Waals surface area (Å²) in [6, 6.07) is 3.25. The molecule has 1 saturated carbocycles. The zero-order valence-electron chi connectivity index (χ0n) is 7.54. The van der Waals surface area contributed by atoms with Crippen LogP contribution in [0, 0.1) is 6.92 Å². The van der Waals surface area contributed by atoms with Crippen LogP contribution in [-0.2, 0) is 5.54 Å². The molecule has 1 aromatic rings. The van der Waals surface area contributed by atoms with E-state index < -0.39 is 5.54 Å². The molecule has 4 N–H and O–H groups in total. The number of nitrogens with two attached hydrogens (primary N) is 1. The van der Waals surface area contributed by atoms with Crippen LogP contribution in [0.25, 0.3) is 0 Å². The highest BCUT2D eigenvalue weighted by molar-refractivity contribution is 5.52. The normalized spacial score (nSPS) is 18.6. The Labute approximate surface area is 76.8 Å². The van der Waals surface area contributed by atoms with Gasteiger partial charge in [0.25, 0.3) is 0 Å². The Bertz CT molecular complexity index is 333. The van der Waals surface area contributed by atoms with Gasteiger partial charge in [-0.1, -0.05) is 0 Å². The van der Waals surface area contributed by atoms with E-state index in [1.165, 1.54) is 0 Å². The fourth-order valence-corrected chi connectivity index (χ4v) is 1.64. The summed E-state index contributed by atoms with van der Waals surface area (Å²) in [6.07, 6.45) is 1.66. The van der Waals surface area contributed by atoms with Crippen molar-refractivity contribution in [1.29, 1.82) is 0 Å². The van der Waals surface area contributed by atoms with E-state index in [0.29, 0.717) is 5.56 Å². The lowest BCUT2D eigenvalue weighted by Gasteiger charge is -2.13. The highest BCUT2D eigenvalue weighted by Gasteiger charge is 2.44. The van der Waals surface area contributed by atoms with Crippen molar-refractivity contribution in [3.8, 4) is 11.5 Å². The van der Waals surface area contributed by atoms with Crippen LogP contribution in [0.1, 0.15) is 24.0 Å². The molecule has 0 radical (unpaired) electrons. The molecule has 3 nitrogen and oxygen atoms in total. The van der Waals surface area contributed by atoms with Gasteiger partial charge in [0.1, 0.15) is 11.5 Å². The van der Waals surface area contributed by atoms with E-state index in [1.807, 2.05) is 6.92 Å². The molecule has 0 atom stereocenters. The fourth-order valence-electron chi connectivity index (χ4n) is 1.64. The van der Waals surface area contributed by atoms with Crippen molar-refractivity contribution in [2.75, 3.05) is 0 Å². The van der Waals surface area contributed by atoms with Gasteiger partial charge in [0.15, 0.2) is 0 Å². The van der Waals surface area contributed by atoms with E-state index >= 15 is 0 Å². The van der Waals surface area contributed by atoms with Crippen LogP contribution < -0.4 is 5.73 Å². The lowest BCUT2D eigenvalue weighted by molar-refractivity contribution is 0.425. The van der Waals surface area contributed by atoms with E-state index in [1.54, 1.807) is 12.1 Å². The molecular formula is C10H13NO2. The van der Waals surface area contributed by atoms with Crippen molar-refractivity contribution in [2.45, 2.75) is 25.3 Å². The van der Waals surface area contributed by atoms with Gasteiger partial charge in [-0.15, -0.1) is 0 Å². The highest BCUT2D eigenvalue weighted by atomic mass is 16.3. The largest absolute Gasteiger partial charge is 0.507 e. The molecule has 0 aromatic heterocycles. The maximum Gasteiger partial charge on any atom is 0.124 e. The quantitative estimate of drug-likeness (QED) is 0.609. The highest BCUT2D eigenvalue weighted by Crippen LogP contribution is 2.50. The van der Waals surface area contributed by atoms with Crippen molar-refractivity contribution in [2.24, 2.45) is 5.73 Å². The summed E-state index contributed by atoms with van der Waals surface area (Å²) in [6.45, 7) is 1.82. The molecule has 13 heavy (non-hydrogen) atoms. The Morgan fingerprint density at radius 2 is 1.69 bits per heavy atom. The summed E-state index contributed by atoms with van der Waals surface area (Å²) < 4.78 is 0. The number of hydrogen-bond acceptors (Lipinski definition) is 3. The van der Waals surface area contributed by atoms with Gasteiger partial charge in [0.05, 0.1) is 5.56 Å². The van der Waals surface area contributed by atoms with Crippen molar-refractivity contribution < 1.29 is 10.2 Å². The second-order valence-corrected chi connectivity index (χ2v) is 3.83. The Morgan fingerprint density at radius 1 is 1.23 bits per heavy atom. The molecular weight excluding hydrogens is 166 g/mol. The molecule has 1 aliphatic carbocycles. The first-order chi connectivity index (χ1) is 6.03. The number of phenols is 2. The first-order valence-corrected chi connectivity index (χ1v) is 4.35. The van der Waals surface area contributed by atoms with Gasteiger partial charge in [-0.05, 0) is 37.5 Å². The molecule has 0 unspecified atom stereocenters. The minimum Gasteiger partial charge on any atom is -0.507 e. The van der Waals surface area contributed by atoms with Gasteiger partial charge in [0.2, 0.25) is 0 Å². The molecule has 0 aliphatic heterocycles. The second kappa shape index (κ2) is 2.39. The first-order valence-electron chi connectivity index (χ1n) is 4.35. The van der Waals surface area contributed by atoms with Crippen LogP contribution in [0.3, 0.4) is 0 Å². The average Bonchev–Trinajstić information content (AvgIpc) is 2.65. The lowest BCUT2D eigenvalue weighted by Crippen LogP contribution is -2.19. The molecule has 1 aliphatic rings. The van der Waals surface area contributed by atoms with E-state index in [9.17, 15) is 10.2 Å². The smallest absolute Gasteiger partial charge is 0.124 e. The summed E-state index contributed by atoms with van der Waals surface area (Å²) in [5.41, 5.74) is 6.75. The minimum atomic E-state index is -0.484. The van der Waals surface area contributed by atoms with Crippen molar-refractivity contribution >= 4 is 0 Å². The predicted octanol–water partition coefficient (Wildman–Crippen LogP) is 1.35. The van der Waals surface area contributed by atoms with Crippen molar-refractivity contribution in [3.05, 3.63) is 23.3 Å². The van der Waals surface area contributed by atoms with Gasteiger partial charge in [-0.2, -0.15) is 0 Å². The fraction of sp³-hybridized carbons (Fsp3) is 0.400. The zero-order valence-corrected chi connectivity index (χ0v) is 7.54. The van der Waals surface area contributed by atoms with Gasteiger partial charge < -0.3 is 15.9 Å². The van der Waals surface area contributed by atoms with Gasteiger partial charge in [-0.25, -0.2) is 0 Å². The maximum atomic E-state index is 9.61. The molecule has 0 amide bonds. The minimum absolute atomic E-state index is 0.109. The number of benzene rings is 1. The van der Waals surface area contributed by atoms with Crippen molar-refractivity contribution in [3.63, 3.8) is 0 Å². The summed E-state index contributed by atoms with van der Waals surface area (Å²) in [5, 5.41) is 19.2. The lowest BCUT2D eigenvalue weighted by atomic mass is 10.0. The molecule has 70 valence electrons. The predicted molar refractivity (Wildman–Crippen MR) is 49.6 cm³/mol. The van der Waals surface area contributed by atoms with E-state index in [0.717, 1.165) is 18.4 Å². The van der Waals surface area contributed by atoms with Gasteiger partial charge >= 0.3 is 0 Å². The summed E-state index contributed by atoms with van der Waals surface area (Å²) >= 11 is 0. The second-order valence-electron chi connectivity index (χ2n) is 3.83. The van der Waals surface area contributed by atoms with Crippen molar-refractivity contribution in [1.82, 2.24) is 0 Å². The standard InChI is InChI=1S/C10H13NO2/c1-6-4-7(12)9(8(13)5-6)10(11)2-3-10/h4-5,12-13H,2-3,11H2,1H3. The number of rotatable bonds is 1. The van der Waals surface area contributed by atoms with Gasteiger partial charge in [-0.3, -0.25) is 0 Å². The first kappa shape index (κ1) is 8.38. The third kappa shape index (κ3) is 1.25. The number of phenolic OH excluding ortho intramolecular Hbond substituents is 2. The van der Waals surface area contributed by atoms with Gasteiger partial charge in [0, 0.05) is 5.54 Å². The third-order valence-corrected chi connectivity index (χ3v) is 2.53. The van der Waals surface area contributed by atoms with Crippen LogP contribution in [-0.4, -0.2) is 10.2 Å². The van der Waals surface area contributed by atoms with Crippen LogP contribution in [0.2, 0.25) is 0 Å². The Kier molecular flexibility index (Phi) is 1.54. The monoisotopic (exact) mass is 179 g/mol. The van der Waals surface area contributed by atoms with Crippen LogP contribution in [0.15, 0.2) is 12.1 Å². The maximum absolute atomic E-state index is 9.61. The topological polar surface area (TPSA) is 66.5 Å². The molecule has 3 heteroatoms. The van der Waals surface area contributed by atoms with Crippen LogP contribution in [0.5, 0.6) is 11.5 Å². The SMILES string of the molecule is Cc1cc(O)c(C2(N)CC2)c(O)c1. The summed E-state index contributed by atoms with van der Waals surface area (Å²) in [7, 11) is 0. The Morgan fingerprint density at radius 3 is 2.08 bits per heavy atom. The Balaban J connectivity index is 2.57. The van der Waals surface area contributed by atoms with E-state index in [2.05, 4.69) is 0 Å². The zero-order chi connectivity index (χ0) is 9.64. The summed E-state index contributed by atoms with van der Waals surface area (Å²) in [4.78, 5) is 0. The molecule has 0 spiro atoms. The number of aromatic hydroxyl groups is 2. The van der Waals surface area contributed by atoms with E-state index in [-0.39, 0.29) is 11.5 Å². The average molecular weight is 179 g/mol. The van der Waals surface area contributed by atoms with Crippen LogP contribution in [0.4, 0.5) is 0 Å². The summed E-state index contributed by atoms with van der Waals surface area (Å²) in [5.74, 6) is 0.218. The molecule has 0 heterocycles.